The van der Waals surface area contributed by atoms with Crippen molar-refractivity contribution in [3.8, 4) is 0 Å². The number of carbonyl (C=O) groups is 2. The minimum atomic E-state index is -0.421. The first kappa shape index (κ1) is 16.0. The van der Waals surface area contributed by atoms with Crippen molar-refractivity contribution in [2.75, 3.05) is 12.4 Å². The number of benzene rings is 1. The molecule has 0 atom stereocenters. The predicted molar refractivity (Wildman–Crippen MR) is 85.4 cm³/mol. The molecule has 0 unspecified atom stereocenters. The van der Waals surface area contributed by atoms with Gasteiger partial charge in [0.1, 0.15) is 0 Å². The fourth-order valence-electron chi connectivity index (χ4n) is 2.67. The van der Waals surface area contributed by atoms with Gasteiger partial charge in [-0.25, -0.2) is 4.79 Å². The lowest BCUT2D eigenvalue weighted by molar-refractivity contribution is -0.120. The van der Waals surface area contributed by atoms with E-state index in [1.807, 2.05) is 13.0 Å². The Hall–Kier alpha value is -1.36. The second-order valence-corrected chi connectivity index (χ2v) is 6.32. The SMILES string of the molecule is COC(=O)c1cc(NC(=O)C2CCCCC2)c(C)cc1Br. The number of ether oxygens (including phenoxy) is 1. The first-order valence-electron chi connectivity index (χ1n) is 7.22. The Labute approximate surface area is 133 Å². The predicted octanol–water partition coefficient (Wildman–Crippen LogP) is 4.06. The van der Waals surface area contributed by atoms with Crippen molar-refractivity contribution in [1.29, 1.82) is 0 Å². The van der Waals surface area contributed by atoms with E-state index in [1.165, 1.54) is 13.5 Å². The maximum atomic E-state index is 12.3. The van der Waals surface area contributed by atoms with Gasteiger partial charge in [0.05, 0.1) is 12.7 Å². The average Bonchev–Trinajstić information content (AvgIpc) is 2.50. The highest BCUT2D eigenvalue weighted by Gasteiger charge is 2.22. The number of methoxy groups -OCH3 is 1. The van der Waals surface area contributed by atoms with Gasteiger partial charge in [0, 0.05) is 16.1 Å². The summed E-state index contributed by atoms with van der Waals surface area (Å²) in [4.78, 5) is 24.0. The standard InChI is InChI=1S/C16H20BrNO3/c1-10-8-13(17)12(16(20)21-2)9-14(10)18-15(19)11-6-4-3-5-7-11/h8-9,11H,3-7H2,1-2H3,(H,18,19). The van der Waals surface area contributed by atoms with Gasteiger partial charge < -0.3 is 10.1 Å². The van der Waals surface area contributed by atoms with E-state index in [2.05, 4.69) is 21.2 Å². The van der Waals surface area contributed by atoms with Gasteiger partial charge in [0.2, 0.25) is 5.91 Å². The van der Waals surface area contributed by atoms with Crippen LogP contribution in [0.4, 0.5) is 5.69 Å². The van der Waals surface area contributed by atoms with Crippen LogP contribution in [-0.2, 0) is 9.53 Å². The Bertz CT molecular complexity index is 551. The first-order valence-corrected chi connectivity index (χ1v) is 8.01. The molecule has 1 saturated carbocycles. The van der Waals surface area contributed by atoms with Gasteiger partial charge in [0.15, 0.2) is 0 Å². The summed E-state index contributed by atoms with van der Waals surface area (Å²) in [6.45, 7) is 1.91. The van der Waals surface area contributed by atoms with Crippen LogP contribution in [0.25, 0.3) is 0 Å². The molecule has 0 saturated heterocycles. The molecular weight excluding hydrogens is 334 g/mol. The molecule has 4 nitrogen and oxygen atoms in total. The van der Waals surface area contributed by atoms with Crippen LogP contribution < -0.4 is 5.32 Å². The summed E-state index contributed by atoms with van der Waals surface area (Å²) in [5.41, 5.74) is 2.01. The van der Waals surface area contributed by atoms with Crippen LogP contribution >= 0.6 is 15.9 Å². The summed E-state index contributed by atoms with van der Waals surface area (Å²) in [7, 11) is 1.34. The molecule has 1 N–H and O–H groups in total. The Morgan fingerprint density at radius 3 is 2.52 bits per heavy atom. The number of hydrogen-bond donors (Lipinski definition) is 1. The van der Waals surface area contributed by atoms with Gasteiger partial charge in [-0.2, -0.15) is 0 Å². The van der Waals surface area contributed by atoms with E-state index in [0.29, 0.717) is 15.7 Å². The van der Waals surface area contributed by atoms with Gasteiger partial charge in [-0.15, -0.1) is 0 Å². The van der Waals surface area contributed by atoms with Crippen molar-refractivity contribution in [3.63, 3.8) is 0 Å². The largest absolute Gasteiger partial charge is 0.465 e. The molecule has 1 aliphatic carbocycles. The fourth-order valence-corrected chi connectivity index (χ4v) is 3.29. The molecule has 0 heterocycles. The molecule has 1 amide bonds. The van der Waals surface area contributed by atoms with Crippen molar-refractivity contribution in [2.45, 2.75) is 39.0 Å². The number of anilines is 1. The van der Waals surface area contributed by atoms with Crippen molar-refractivity contribution in [3.05, 3.63) is 27.7 Å². The van der Waals surface area contributed by atoms with E-state index in [9.17, 15) is 9.59 Å². The molecule has 21 heavy (non-hydrogen) atoms. The summed E-state index contributed by atoms with van der Waals surface area (Å²) < 4.78 is 5.42. The number of rotatable bonds is 3. The average molecular weight is 354 g/mol. The highest BCUT2D eigenvalue weighted by Crippen LogP contribution is 2.28. The van der Waals surface area contributed by atoms with Crippen LogP contribution in [0.3, 0.4) is 0 Å². The van der Waals surface area contributed by atoms with Crippen LogP contribution in [0.15, 0.2) is 16.6 Å². The second kappa shape index (κ2) is 7.07. The third kappa shape index (κ3) is 3.84. The van der Waals surface area contributed by atoms with Crippen LogP contribution in [0.2, 0.25) is 0 Å². The molecule has 114 valence electrons. The van der Waals surface area contributed by atoms with Crippen LogP contribution in [0.5, 0.6) is 0 Å². The third-order valence-corrected chi connectivity index (χ3v) is 4.61. The normalized spacial score (nSPS) is 15.6. The second-order valence-electron chi connectivity index (χ2n) is 5.46. The zero-order valence-electron chi connectivity index (χ0n) is 12.4. The number of aryl methyl sites for hydroxylation is 1. The lowest BCUT2D eigenvalue weighted by Gasteiger charge is -2.21. The Morgan fingerprint density at radius 2 is 1.90 bits per heavy atom. The van der Waals surface area contributed by atoms with E-state index in [4.69, 9.17) is 4.74 Å². The van der Waals surface area contributed by atoms with E-state index >= 15 is 0 Å². The minimum Gasteiger partial charge on any atom is -0.465 e. The number of hydrogen-bond acceptors (Lipinski definition) is 3. The highest BCUT2D eigenvalue weighted by molar-refractivity contribution is 9.10. The summed E-state index contributed by atoms with van der Waals surface area (Å²) in [6, 6.07) is 3.49. The maximum Gasteiger partial charge on any atom is 0.339 e. The van der Waals surface area contributed by atoms with Gasteiger partial charge in [-0.3, -0.25) is 4.79 Å². The number of amides is 1. The van der Waals surface area contributed by atoms with E-state index < -0.39 is 5.97 Å². The van der Waals surface area contributed by atoms with E-state index in [-0.39, 0.29) is 11.8 Å². The highest BCUT2D eigenvalue weighted by atomic mass is 79.9. The Morgan fingerprint density at radius 1 is 1.24 bits per heavy atom. The van der Waals surface area contributed by atoms with Gasteiger partial charge in [-0.05, 0) is 53.4 Å². The Kier molecular flexibility index (Phi) is 5.39. The molecule has 0 spiro atoms. The van der Waals surface area contributed by atoms with Crippen molar-refractivity contribution < 1.29 is 14.3 Å². The smallest absolute Gasteiger partial charge is 0.339 e. The molecule has 0 aromatic heterocycles. The molecular formula is C16H20BrNO3. The zero-order valence-corrected chi connectivity index (χ0v) is 14.0. The molecule has 1 fully saturated rings. The molecule has 0 radical (unpaired) electrons. The molecule has 0 aliphatic heterocycles. The van der Waals surface area contributed by atoms with E-state index in [0.717, 1.165) is 31.2 Å². The summed E-state index contributed by atoms with van der Waals surface area (Å²) >= 11 is 3.35. The Balaban J connectivity index is 2.18. The van der Waals surface area contributed by atoms with Crippen molar-refractivity contribution in [1.82, 2.24) is 0 Å². The van der Waals surface area contributed by atoms with Crippen molar-refractivity contribution >= 4 is 33.5 Å². The minimum absolute atomic E-state index is 0.0518. The van der Waals surface area contributed by atoms with Crippen LogP contribution in [-0.4, -0.2) is 19.0 Å². The zero-order chi connectivity index (χ0) is 15.4. The maximum absolute atomic E-state index is 12.3. The van der Waals surface area contributed by atoms with Crippen molar-refractivity contribution in [2.24, 2.45) is 5.92 Å². The summed E-state index contributed by atoms with van der Waals surface area (Å²) in [5.74, 6) is -0.283. The summed E-state index contributed by atoms with van der Waals surface area (Å²) in [6.07, 6.45) is 5.35. The number of nitrogens with one attached hydrogen (secondary N) is 1. The van der Waals surface area contributed by atoms with E-state index in [1.54, 1.807) is 6.07 Å². The van der Waals surface area contributed by atoms with Gasteiger partial charge >= 0.3 is 5.97 Å². The first-order chi connectivity index (χ1) is 10.0. The van der Waals surface area contributed by atoms with Crippen LogP contribution in [0, 0.1) is 12.8 Å². The molecule has 1 aliphatic rings. The molecule has 1 aromatic carbocycles. The third-order valence-electron chi connectivity index (χ3n) is 3.95. The monoisotopic (exact) mass is 353 g/mol. The number of halogens is 1. The van der Waals surface area contributed by atoms with Crippen LogP contribution in [0.1, 0.15) is 48.0 Å². The lowest BCUT2D eigenvalue weighted by atomic mass is 9.88. The number of carbonyl (C=O) groups excluding carboxylic acids is 2. The molecule has 1 aromatic rings. The topological polar surface area (TPSA) is 55.4 Å². The van der Waals surface area contributed by atoms with Gasteiger partial charge in [-0.1, -0.05) is 19.3 Å². The molecule has 2 rings (SSSR count). The lowest BCUT2D eigenvalue weighted by Crippen LogP contribution is -2.25. The quantitative estimate of drug-likeness (QED) is 0.833. The number of esters is 1. The van der Waals surface area contributed by atoms with Gasteiger partial charge in [0.25, 0.3) is 0 Å². The fraction of sp³-hybridized carbons (Fsp3) is 0.500. The molecule has 5 heteroatoms. The summed E-state index contributed by atoms with van der Waals surface area (Å²) in [5, 5.41) is 2.96. The molecule has 0 bridgehead atoms.